The van der Waals surface area contributed by atoms with Gasteiger partial charge in [0.2, 0.25) is 0 Å². The summed E-state index contributed by atoms with van der Waals surface area (Å²) in [7, 11) is 0. The number of aryl methyl sites for hydroxylation is 1. The molecule has 0 aliphatic carbocycles. The van der Waals surface area contributed by atoms with Crippen LogP contribution in [-0.2, 0) is 0 Å². The monoisotopic (exact) mass is 282 g/mol. The number of ether oxygens (including phenoxy) is 1. The average molecular weight is 282 g/mol. The van der Waals surface area contributed by atoms with Gasteiger partial charge in [-0.2, -0.15) is 5.10 Å². The SMILES string of the molecule is CCOc1ccc(C=NNC(=O)c2ccc(C)cc2)cc1. The van der Waals surface area contributed by atoms with Crippen LogP contribution in [-0.4, -0.2) is 18.7 Å². The normalized spacial score (nSPS) is 10.6. The van der Waals surface area contributed by atoms with E-state index in [9.17, 15) is 4.79 Å². The van der Waals surface area contributed by atoms with Gasteiger partial charge in [0.25, 0.3) is 5.91 Å². The summed E-state index contributed by atoms with van der Waals surface area (Å²) in [5, 5.41) is 3.95. The van der Waals surface area contributed by atoms with E-state index in [0.29, 0.717) is 12.2 Å². The zero-order valence-electron chi connectivity index (χ0n) is 12.2. The van der Waals surface area contributed by atoms with Gasteiger partial charge in [-0.1, -0.05) is 17.7 Å². The Balaban J connectivity index is 1.92. The van der Waals surface area contributed by atoms with Crippen LogP contribution in [0.4, 0.5) is 0 Å². The molecule has 0 saturated heterocycles. The standard InChI is InChI=1S/C17H18N2O2/c1-3-21-16-10-6-14(7-11-16)12-18-19-17(20)15-8-4-13(2)5-9-15/h4-12H,3H2,1-2H3,(H,19,20). The Bertz CT molecular complexity index is 616. The van der Waals surface area contributed by atoms with E-state index in [-0.39, 0.29) is 5.91 Å². The lowest BCUT2D eigenvalue weighted by atomic mass is 10.1. The van der Waals surface area contributed by atoms with Gasteiger partial charge in [-0.15, -0.1) is 0 Å². The van der Waals surface area contributed by atoms with Crippen molar-refractivity contribution in [3.8, 4) is 5.75 Å². The molecular weight excluding hydrogens is 264 g/mol. The average Bonchev–Trinajstić information content (AvgIpc) is 2.50. The number of carbonyl (C=O) groups excluding carboxylic acids is 1. The molecule has 0 heterocycles. The molecule has 0 atom stereocenters. The highest BCUT2D eigenvalue weighted by Crippen LogP contribution is 2.10. The third kappa shape index (κ3) is 4.45. The lowest BCUT2D eigenvalue weighted by molar-refractivity contribution is 0.0955. The maximum Gasteiger partial charge on any atom is 0.271 e. The molecule has 0 unspecified atom stereocenters. The Kier molecular flexibility index (Phi) is 5.10. The first-order chi connectivity index (χ1) is 10.2. The summed E-state index contributed by atoms with van der Waals surface area (Å²) in [6.07, 6.45) is 1.60. The highest BCUT2D eigenvalue weighted by Gasteiger charge is 2.02. The number of amides is 1. The van der Waals surface area contributed by atoms with Gasteiger partial charge in [0.1, 0.15) is 5.75 Å². The van der Waals surface area contributed by atoms with Gasteiger partial charge in [0.15, 0.2) is 0 Å². The summed E-state index contributed by atoms with van der Waals surface area (Å²) < 4.78 is 5.36. The van der Waals surface area contributed by atoms with Crippen LogP contribution < -0.4 is 10.2 Å². The smallest absolute Gasteiger partial charge is 0.271 e. The Labute approximate surface area is 124 Å². The molecule has 2 rings (SSSR count). The molecule has 0 spiro atoms. The van der Waals surface area contributed by atoms with Crippen molar-refractivity contribution in [2.75, 3.05) is 6.61 Å². The molecule has 1 amide bonds. The van der Waals surface area contributed by atoms with Crippen LogP contribution in [0.2, 0.25) is 0 Å². The topological polar surface area (TPSA) is 50.7 Å². The van der Waals surface area contributed by atoms with Gasteiger partial charge in [-0.05, 0) is 55.8 Å². The first-order valence-corrected chi connectivity index (χ1v) is 6.82. The molecule has 0 aliphatic rings. The van der Waals surface area contributed by atoms with Crippen LogP contribution in [0.1, 0.15) is 28.4 Å². The quantitative estimate of drug-likeness (QED) is 0.676. The van der Waals surface area contributed by atoms with Gasteiger partial charge >= 0.3 is 0 Å². The number of nitrogens with one attached hydrogen (secondary N) is 1. The summed E-state index contributed by atoms with van der Waals surface area (Å²) in [6, 6.07) is 14.8. The second-order valence-electron chi connectivity index (χ2n) is 4.57. The van der Waals surface area contributed by atoms with E-state index < -0.39 is 0 Å². The Morgan fingerprint density at radius 2 is 1.81 bits per heavy atom. The second-order valence-corrected chi connectivity index (χ2v) is 4.57. The van der Waals surface area contributed by atoms with Crippen molar-refractivity contribution in [2.45, 2.75) is 13.8 Å². The van der Waals surface area contributed by atoms with Crippen molar-refractivity contribution in [3.05, 3.63) is 65.2 Å². The van der Waals surface area contributed by atoms with Gasteiger partial charge in [0.05, 0.1) is 12.8 Å². The Hall–Kier alpha value is -2.62. The molecule has 1 N–H and O–H groups in total. The number of hydrogen-bond donors (Lipinski definition) is 1. The van der Waals surface area contributed by atoms with E-state index in [1.807, 2.05) is 50.2 Å². The number of benzene rings is 2. The summed E-state index contributed by atoms with van der Waals surface area (Å²) in [6.45, 7) is 4.56. The maximum absolute atomic E-state index is 11.8. The highest BCUT2D eigenvalue weighted by molar-refractivity contribution is 5.94. The summed E-state index contributed by atoms with van der Waals surface area (Å²) in [4.78, 5) is 11.8. The number of carbonyl (C=O) groups is 1. The molecule has 0 aromatic heterocycles. The van der Waals surface area contributed by atoms with Gasteiger partial charge in [0, 0.05) is 5.56 Å². The molecule has 0 radical (unpaired) electrons. The number of nitrogens with zero attached hydrogens (tertiary/aromatic N) is 1. The Morgan fingerprint density at radius 3 is 2.43 bits per heavy atom. The van der Waals surface area contributed by atoms with E-state index in [0.717, 1.165) is 16.9 Å². The molecule has 0 bridgehead atoms. The molecule has 0 aliphatic heterocycles. The zero-order valence-corrected chi connectivity index (χ0v) is 12.2. The van der Waals surface area contributed by atoms with Gasteiger partial charge in [-0.3, -0.25) is 4.79 Å². The van der Waals surface area contributed by atoms with Crippen molar-refractivity contribution in [1.82, 2.24) is 5.43 Å². The number of hydrazone groups is 1. The van der Waals surface area contributed by atoms with Crippen LogP contribution in [0.5, 0.6) is 5.75 Å². The predicted molar refractivity (Wildman–Crippen MR) is 83.9 cm³/mol. The molecule has 0 fully saturated rings. The third-order valence-electron chi connectivity index (χ3n) is 2.88. The number of hydrogen-bond acceptors (Lipinski definition) is 3. The van der Waals surface area contributed by atoms with Crippen molar-refractivity contribution in [3.63, 3.8) is 0 Å². The van der Waals surface area contributed by atoms with Gasteiger partial charge < -0.3 is 4.74 Å². The lowest BCUT2D eigenvalue weighted by Gasteiger charge is -2.02. The fraction of sp³-hybridized carbons (Fsp3) is 0.176. The molecule has 108 valence electrons. The maximum atomic E-state index is 11.8. The van der Waals surface area contributed by atoms with Crippen LogP contribution >= 0.6 is 0 Å². The molecule has 4 heteroatoms. The minimum atomic E-state index is -0.225. The second kappa shape index (κ2) is 7.24. The summed E-state index contributed by atoms with van der Waals surface area (Å²) in [5.41, 5.74) is 5.10. The van der Waals surface area contributed by atoms with E-state index in [1.54, 1.807) is 18.3 Å². The van der Waals surface area contributed by atoms with Crippen molar-refractivity contribution >= 4 is 12.1 Å². The molecule has 2 aromatic carbocycles. The van der Waals surface area contributed by atoms with Crippen LogP contribution in [0.15, 0.2) is 53.6 Å². The largest absolute Gasteiger partial charge is 0.494 e. The fourth-order valence-corrected chi connectivity index (χ4v) is 1.75. The summed E-state index contributed by atoms with van der Waals surface area (Å²) in [5.74, 6) is 0.593. The van der Waals surface area contributed by atoms with Gasteiger partial charge in [-0.25, -0.2) is 5.43 Å². The van der Waals surface area contributed by atoms with E-state index in [4.69, 9.17) is 4.74 Å². The van der Waals surface area contributed by atoms with Crippen molar-refractivity contribution < 1.29 is 9.53 Å². The minimum Gasteiger partial charge on any atom is -0.494 e. The predicted octanol–water partition coefficient (Wildman–Crippen LogP) is 3.16. The molecular formula is C17H18N2O2. The molecule has 21 heavy (non-hydrogen) atoms. The Morgan fingerprint density at radius 1 is 1.14 bits per heavy atom. The third-order valence-corrected chi connectivity index (χ3v) is 2.88. The van der Waals surface area contributed by atoms with Crippen LogP contribution in [0.3, 0.4) is 0 Å². The first kappa shape index (κ1) is 14.8. The van der Waals surface area contributed by atoms with Crippen molar-refractivity contribution in [2.24, 2.45) is 5.10 Å². The zero-order chi connectivity index (χ0) is 15.1. The van der Waals surface area contributed by atoms with Crippen molar-refractivity contribution in [1.29, 1.82) is 0 Å². The summed E-state index contributed by atoms with van der Waals surface area (Å²) >= 11 is 0. The molecule has 0 saturated carbocycles. The van der Waals surface area contributed by atoms with Crippen LogP contribution in [0.25, 0.3) is 0 Å². The minimum absolute atomic E-state index is 0.225. The van der Waals surface area contributed by atoms with Crippen LogP contribution in [0, 0.1) is 6.92 Å². The molecule has 4 nitrogen and oxygen atoms in total. The highest BCUT2D eigenvalue weighted by atomic mass is 16.5. The first-order valence-electron chi connectivity index (χ1n) is 6.82. The number of rotatable bonds is 5. The van der Waals surface area contributed by atoms with E-state index in [1.165, 1.54) is 0 Å². The van der Waals surface area contributed by atoms with E-state index in [2.05, 4.69) is 10.5 Å². The molecule has 2 aromatic rings. The lowest BCUT2D eigenvalue weighted by Crippen LogP contribution is -2.17. The fourth-order valence-electron chi connectivity index (χ4n) is 1.75. The van der Waals surface area contributed by atoms with E-state index >= 15 is 0 Å².